The summed E-state index contributed by atoms with van der Waals surface area (Å²) in [5.41, 5.74) is 0. The molecule has 0 saturated carbocycles. The highest BCUT2D eigenvalue weighted by molar-refractivity contribution is 7.47. The van der Waals surface area contributed by atoms with Crippen LogP contribution in [0.4, 0.5) is 0 Å². The maximum Gasteiger partial charge on any atom is 0.472 e. The number of phosphoric acid groups is 2. The average Bonchev–Trinajstić information content (AvgIpc) is 0.899. The van der Waals surface area contributed by atoms with Gasteiger partial charge in [0.25, 0.3) is 0 Å². The van der Waals surface area contributed by atoms with E-state index in [0.29, 0.717) is 19.3 Å². The number of rotatable bonds is 83. The molecule has 0 aliphatic carbocycles. The van der Waals surface area contributed by atoms with E-state index in [2.05, 4.69) is 191 Å². The van der Waals surface area contributed by atoms with Gasteiger partial charge in [0.2, 0.25) is 0 Å². The summed E-state index contributed by atoms with van der Waals surface area (Å²) in [5, 5.41) is 20.7. The second-order valence-corrected chi connectivity index (χ2v) is 32.2. The van der Waals surface area contributed by atoms with Crippen molar-refractivity contribution in [2.45, 2.75) is 373 Å². The predicted octanol–water partition coefficient (Wildman–Crippen LogP) is 27.1. The van der Waals surface area contributed by atoms with Crippen molar-refractivity contribution in [1.29, 1.82) is 0 Å². The van der Waals surface area contributed by atoms with E-state index < -0.39 is 91.5 Å². The normalized spacial score (nSPS) is 14.6. The van der Waals surface area contributed by atoms with E-state index >= 15 is 0 Å². The van der Waals surface area contributed by atoms with Crippen molar-refractivity contribution in [2.24, 2.45) is 0 Å². The summed E-state index contributed by atoms with van der Waals surface area (Å²) in [6, 6.07) is 0. The lowest BCUT2D eigenvalue weighted by Crippen LogP contribution is -2.30. The molecule has 18 heteroatoms. The van der Waals surface area contributed by atoms with Gasteiger partial charge in [-0.2, -0.15) is 0 Å². The fourth-order valence-corrected chi connectivity index (χ4v) is 13.3. The molecule has 113 heavy (non-hydrogen) atoms. The van der Waals surface area contributed by atoms with E-state index in [4.69, 9.17) is 32.3 Å². The summed E-state index contributed by atoms with van der Waals surface area (Å²) in [4.78, 5) is 58.9. The third kappa shape index (κ3) is 87.6. The molecule has 646 valence electrons. The topological polar surface area (TPSA) is 231 Å². The standard InChI is InChI=1S/C95H160O16P2/c1-4-7-10-13-16-19-22-25-28-31-34-36-38-40-42-43-44-45-47-49-50-52-55-57-60-63-66-69-72-75-78-81-93(98)105-84-90(96)85-107-112(101,102)108-86-91(97)87-109-113(103,104)110-89-92(111-95(100)83-80-77-74-71-68-65-62-59-54-33-30-27-24-21-18-15-12-9-6-3)88-106-94(99)82-79-76-73-70-67-64-61-58-56-53-51-48-46-41-39-37-35-32-29-26-23-20-17-14-11-8-5-2/h7-8,10-11,16-21,25-30,34-37,40-42,44-46,54,59,90-92,96-97H,4-6,9,12-15,22-24,31-33,38-39,43,47-53,55-58,60-89H2,1-3H3,(H,101,102)(H,103,104)/b10-7-,11-8-,19-16-,20-17-,21-18-,28-25-,29-26-,30-27-,36-34-,37-35-,42-40-,45-44-,46-41-,59-54-. The van der Waals surface area contributed by atoms with Crippen LogP contribution < -0.4 is 0 Å². The number of allylic oxidation sites excluding steroid dienone is 28. The summed E-state index contributed by atoms with van der Waals surface area (Å²) in [7, 11) is -9.81. The van der Waals surface area contributed by atoms with Crippen molar-refractivity contribution in [3.05, 3.63) is 170 Å². The van der Waals surface area contributed by atoms with E-state index in [9.17, 15) is 43.5 Å². The lowest BCUT2D eigenvalue weighted by molar-refractivity contribution is -0.161. The van der Waals surface area contributed by atoms with Gasteiger partial charge < -0.3 is 34.2 Å². The predicted molar refractivity (Wildman–Crippen MR) is 472 cm³/mol. The largest absolute Gasteiger partial charge is 0.472 e. The van der Waals surface area contributed by atoms with Crippen LogP contribution in [-0.2, 0) is 55.8 Å². The van der Waals surface area contributed by atoms with E-state index in [1.165, 1.54) is 109 Å². The first-order valence-electron chi connectivity index (χ1n) is 44.4. The number of unbranched alkanes of at least 4 members (excludes halogenated alkanes) is 32. The Morgan fingerprint density at radius 2 is 0.469 bits per heavy atom. The highest BCUT2D eigenvalue weighted by Crippen LogP contribution is 2.45. The second-order valence-electron chi connectivity index (χ2n) is 29.3. The van der Waals surface area contributed by atoms with Gasteiger partial charge in [-0.05, 0) is 154 Å². The molecule has 0 aliphatic rings. The molecular weight excluding hydrogens is 1460 g/mol. The molecule has 5 atom stereocenters. The quantitative estimate of drug-likeness (QED) is 0.0146. The molecule has 16 nitrogen and oxygen atoms in total. The zero-order valence-corrected chi connectivity index (χ0v) is 72.8. The van der Waals surface area contributed by atoms with Gasteiger partial charge in [0, 0.05) is 19.3 Å². The molecule has 0 aromatic rings. The number of carbonyl (C=O) groups excluding carboxylic acids is 3. The first-order chi connectivity index (χ1) is 55.2. The Hall–Kier alpha value is -5.09. The monoisotopic (exact) mass is 1620 g/mol. The lowest BCUT2D eigenvalue weighted by Gasteiger charge is -2.21. The Bertz CT molecular complexity index is 2730. The Balaban J connectivity index is 4.59. The van der Waals surface area contributed by atoms with Crippen molar-refractivity contribution < 1.29 is 75.8 Å². The number of hydrogen-bond donors (Lipinski definition) is 4. The summed E-state index contributed by atoms with van der Waals surface area (Å²) in [6.07, 6.45) is 111. The number of hydrogen-bond acceptors (Lipinski definition) is 14. The Morgan fingerprint density at radius 1 is 0.257 bits per heavy atom. The minimum atomic E-state index is -4.95. The van der Waals surface area contributed by atoms with Crippen LogP contribution in [-0.4, -0.2) is 95.9 Å². The fourth-order valence-electron chi connectivity index (χ4n) is 11.7. The molecule has 0 amide bonds. The molecule has 0 aliphatic heterocycles. The number of aliphatic hydroxyl groups excluding tert-OH is 2. The number of phosphoric ester groups is 2. The number of aliphatic hydroxyl groups is 2. The molecule has 4 N–H and O–H groups in total. The van der Waals surface area contributed by atoms with Gasteiger partial charge in [-0.15, -0.1) is 0 Å². The highest BCUT2D eigenvalue weighted by atomic mass is 31.2. The SMILES string of the molecule is CC/C=C\C/C=C\C/C=C\C/C=C\C/C=C\C/C=C\CCCCCCCCCCCCCCC(=O)OCC(O)COP(=O)(O)OCC(O)COP(=O)(O)OCC(COC(=O)CCCCCCCCCCCCC/C=C\C/C=C\C/C=C\C/C=C\C/C=C\CC)OC(=O)CCCCCCCC/C=C\C/C=C\C/C=C\CCCCC. The Kier molecular flexibility index (Phi) is 82.4. The van der Waals surface area contributed by atoms with E-state index in [1.807, 2.05) is 0 Å². The molecule has 0 spiro atoms. The van der Waals surface area contributed by atoms with E-state index in [0.717, 1.165) is 186 Å². The molecule has 0 bridgehead atoms. The van der Waals surface area contributed by atoms with Crippen molar-refractivity contribution >= 4 is 33.6 Å². The summed E-state index contributed by atoms with van der Waals surface area (Å²) >= 11 is 0. The van der Waals surface area contributed by atoms with Gasteiger partial charge in [0.15, 0.2) is 6.10 Å². The maximum atomic E-state index is 13.0. The lowest BCUT2D eigenvalue weighted by atomic mass is 10.0. The molecule has 0 aromatic carbocycles. The third-order valence-electron chi connectivity index (χ3n) is 18.4. The van der Waals surface area contributed by atoms with Crippen LogP contribution in [0.2, 0.25) is 0 Å². The van der Waals surface area contributed by atoms with Gasteiger partial charge in [0.05, 0.1) is 26.4 Å². The van der Waals surface area contributed by atoms with Gasteiger partial charge in [-0.25, -0.2) is 9.13 Å². The summed E-state index contributed by atoms with van der Waals surface area (Å²) in [5.74, 6) is -1.59. The zero-order chi connectivity index (χ0) is 82.2. The number of ether oxygens (including phenoxy) is 3. The minimum absolute atomic E-state index is 0.0856. The van der Waals surface area contributed by atoms with Crippen LogP contribution in [0.15, 0.2) is 170 Å². The van der Waals surface area contributed by atoms with Crippen molar-refractivity contribution in [1.82, 2.24) is 0 Å². The smallest absolute Gasteiger partial charge is 0.463 e. The number of esters is 3. The Morgan fingerprint density at radius 3 is 0.743 bits per heavy atom. The molecule has 5 unspecified atom stereocenters. The van der Waals surface area contributed by atoms with Crippen LogP contribution in [0.5, 0.6) is 0 Å². The van der Waals surface area contributed by atoms with Gasteiger partial charge in [-0.3, -0.25) is 32.5 Å². The van der Waals surface area contributed by atoms with E-state index in [-0.39, 0.29) is 19.3 Å². The van der Waals surface area contributed by atoms with Crippen molar-refractivity contribution in [3.8, 4) is 0 Å². The second kappa shape index (κ2) is 86.3. The van der Waals surface area contributed by atoms with Crippen molar-refractivity contribution in [3.63, 3.8) is 0 Å². The first-order valence-corrected chi connectivity index (χ1v) is 47.4. The average molecular weight is 1620 g/mol. The molecular formula is C95H160O16P2. The molecule has 0 aromatic heterocycles. The third-order valence-corrected chi connectivity index (χ3v) is 20.3. The Labute approximate surface area is 688 Å². The molecule has 0 radical (unpaired) electrons. The van der Waals surface area contributed by atoms with Crippen LogP contribution in [0.1, 0.15) is 355 Å². The minimum Gasteiger partial charge on any atom is -0.463 e. The van der Waals surface area contributed by atoms with Gasteiger partial charge >= 0.3 is 33.6 Å². The molecule has 0 fully saturated rings. The maximum absolute atomic E-state index is 13.0. The van der Waals surface area contributed by atoms with Crippen LogP contribution >= 0.6 is 15.6 Å². The molecule has 0 heterocycles. The zero-order valence-electron chi connectivity index (χ0n) is 71.0. The van der Waals surface area contributed by atoms with Crippen LogP contribution in [0.25, 0.3) is 0 Å². The van der Waals surface area contributed by atoms with Crippen LogP contribution in [0.3, 0.4) is 0 Å². The highest BCUT2D eigenvalue weighted by Gasteiger charge is 2.29. The van der Waals surface area contributed by atoms with Gasteiger partial charge in [-0.1, -0.05) is 351 Å². The number of carbonyl (C=O) groups is 3. The summed E-state index contributed by atoms with van der Waals surface area (Å²) < 4.78 is 61.4. The van der Waals surface area contributed by atoms with Gasteiger partial charge in [0.1, 0.15) is 25.4 Å². The fraction of sp³-hybridized carbons (Fsp3) is 0.674. The van der Waals surface area contributed by atoms with Crippen LogP contribution in [0, 0.1) is 0 Å². The van der Waals surface area contributed by atoms with Crippen molar-refractivity contribution in [2.75, 3.05) is 39.6 Å². The first kappa shape index (κ1) is 108. The summed E-state index contributed by atoms with van der Waals surface area (Å²) in [6.45, 7) is 2.44. The van der Waals surface area contributed by atoms with E-state index in [1.54, 1.807) is 0 Å². The molecule has 0 saturated heterocycles. The molecule has 0 rings (SSSR count).